The van der Waals surface area contributed by atoms with Crippen molar-refractivity contribution in [3.05, 3.63) is 120 Å². The van der Waals surface area contributed by atoms with Gasteiger partial charge in [-0.25, -0.2) is 4.79 Å². The third-order valence-electron chi connectivity index (χ3n) is 6.08. The molecule has 4 nitrogen and oxygen atoms in total. The predicted molar refractivity (Wildman–Crippen MR) is 149 cm³/mol. The third kappa shape index (κ3) is 7.14. The van der Waals surface area contributed by atoms with Gasteiger partial charge in [0.25, 0.3) is 8.32 Å². The van der Waals surface area contributed by atoms with Crippen molar-refractivity contribution >= 4 is 24.7 Å². The summed E-state index contributed by atoms with van der Waals surface area (Å²) in [5, 5.41) is 2.34. The van der Waals surface area contributed by atoms with Gasteiger partial charge in [0.15, 0.2) is 0 Å². The molecule has 0 spiro atoms. The Morgan fingerprint density at radius 1 is 0.806 bits per heavy atom. The molecule has 5 heteroatoms. The number of methoxy groups -OCH3 is 1. The van der Waals surface area contributed by atoms with E-state index in [0.717, 1.165) is 11.1 Å². The summed E-state index contributed by atoms with van der Waals surface area (Å²) in [7, 11) is -1.28. The van der Waals surface area contributed by atoms with Gasteiger partial charge in [0, 0.05) is 6.08 Å². The topological polar surface area (TPSA) is 44.8 Å². The molecule has 36 heavy (non-hydrogen) atoms. The molecule has 3 rings (SSSR count). The molecule has 3 aromatic carbocycles. The molecule has 0 heterocycles. The summed E-state index contributed by atoms with van der Waals surface area (Å²) in [6.07, 6.45) is 5.16. The second-order valence-electron chi connectivity index (χ2n) is 9.59. The second-order valence-corrected chi connectivity index (χ2v) is 13.9. The number of carbonyl (C=O) groups is 1. The minimum absolute atomic E-state index is 0.116. The van der Waals surface area contributed by atoms with Crippen LogP contribution in [-0.2, 0) is 25.3 Å². The van der Waals surface area contributed by atoms with Gasteiger partial charge in [-0.3, -0.25) is 0 Å². The first kappa shape index (κ1) is 27.3. The molecule has 0 N–H and O–H groups in total. The Kier molecular flexibility index (Phi) is 10.00. The highest BCUT2D eigenvalue weighted by Crippen LogP contribution is 2.36. The highest BCUT2D eigenvalue weighted by Gasteiger charge is 2.49. The van der Waals surface area contributed by atoms with Crippen molar-refractivity contribution in [1.29, 1.82) is 0 Å². The fourth-order valence-corrected chi connectivity index (χ4v) is 8.80. The van der Waals surface area contributed by atoms with E-state index >= 15 is 0 Å². The molecule has 0 unspecified atom stereocenters. The van der Waals surface area contributed by atoms with Crippen molar-refractivity contribution in [1.82, 2.24) is 0 Å². The van der Waals surface area contributed by atoms with Crippen molar-refractivity contribution in [3.63, 3.8) is 0 Å². The monoisotopic (exact) mass is 500 g/mol. The van der Waals surface area contributed by atoms with Crippen LogP contribution in [0.25, 0.3) is 0 Å². The summed E-state index contributed by atoms with van der Waals surface area (Å²) in [4.78, 5) is 11.7. The Hall–Kier alpha value is -3.25. The van der Waals surface area contributed by atoms with Gasteiger partial charge in [-0.2, -0.15) is 0 Å². The average Bonchev–Trinajstić information content (AvgIpc) is 2.90. The lowest BCUT2D eigenvalue weighted by molar-refractivity contribution is -0.134. The Labute approximate surface area is 216 Å². The van der Waals surface area contributed by atoms with Crippen LogP contribution in [0.2, 0.25) is 5.04 Å². The van der Waals surface area contributed by atoms with Crippen molar-refractivity contribution in [2.75, 3.05) is 20.3 Å². The normalized spacial score (nSPS) is 12.6. The van der Waals surface area contributed by atoms with E-state index in [9.17, 15) is 4.79 Å². The summed E-state index contributed by atoms with van der Waals surface area (Å²) in [5.74, 6) is -0.406. The molecular formula is C31H36O4Si. The summed E-state index contributed by atoms with van der Waals surface area (Å²) < 4.78 is 17.7. The SMILES string of the molecule is COC(=O)/C=C/C(=C/CO[Si](c1ccccc1)(c1ccccc1)C(C)(C)C)COCc1ccccc1. The minimum atomic E-state index is -2.65. The van der Waals surface area contributed by atoms with Gasteiger partial charge in [0.2, 0.25) is 0 Å². The molecule has 0 saturated carbocycles. The quantitative estimate of drug-likeness (QED) is 0.152. The van der Waals surface area contributed by atoms with Crippen LogP contribution in [0, 0.1) is 0 Å². The molecule has 0 aliphatic heterocycles. The third-order valence-corrected chi connectivity index (χ3v) is 11.1. The molecule has 0 saturated heterocycles. The fourth-order valence-electron chi connectivity index (χ4n) is 4.31. The van der Waals surface area contributed by atoms with E-state index < -0.39 is 14.3 Å². The second kappa shape index (κ2) is 13.2. The first-order valence-electron chi connectivity index (χ1n) is 12.2. The summed E-state index contributed by atoms with van der Waals surface area (Å²) in [6, 6.07) is 31.1. The van der Waals surface area contributed by atoms with Crippen LogP contribution in [-0.4, -0.2) is 34.6 Å². The number of ether oxygens (including phenoxy) is 2. The molecule has 0 bridgehead atoms. The minimum Gasteiger partial charge on any atom is -0.466 e. The molecular weight excluding hydrogens is 464 g/mol. The molecule has 0 atom stereocenters. The number of hydrogen-bond acceptors (Lipinski definition) is 4. The smallest absolute Gasteiger partial charge is 0.330 e. The van der Waals surface area contributed by atoms with Crippen molar-refractivity contribution in [3.8, 4) is 0 Å². The van der Waals surface area contributed by atoms with Crippen LogP contribution < -0.4 is 10.4 Å². The van der Waals surface area contributed by atoms with Gasteiger partial charge in [-0.1, -0.05) is 118 Å². The van der Waals surface area contributed by atoms with Gasteiger partial charge in [-0.05, 0) is 32.6 Å². The van der Waals surface area contributed by atoms with Crippen LogP contribution in [0.3, 0.4) is 0 Å². The highest BCUT2D eigenvalue weighted by atomic mass is 28.4. The van der Waals surface area contributed by atoms with Gasteiger partial charge >= 0.3 is 5.97 Å². The summed E-state index contributed by atoms with van der Waals surface area (Å²) >= 11 is 0. The van der Waals surface area contributed by atoms with Gasteiger partial charge in [0.1, 0.15) is 0 Å². The maximum Gasteiger partial charge on any atom is 0.330 e. The standard InChI is InChI=1S/C31H36O4Si/c1-31(2,3)36(28-16-10-6-11-17-28,29-18-12-7-13-19-29)35-23-22-27(20-21-30(32)33-4)25-34-24-26-14-8-5-9-15-26/h5-22H,23-25H2,1-4H3/b21-20+,27-22-. The molecule has 3 aromatic rings. The first-order valence-corrected chi connectivity index (χ1v) is 14.1. The zero-order valence-electron chi connectivity index (χ0n) is 21.6. The molecule has 0 aliphatic carbocycles. The largest absolute Gasteiger partial charge is 0.466 e. The number of esters is 1. The van der Waals surface area contributed by atoms with Gasteiger partial charge in [0.05, 0.1) is 26.9 Å². The Balaban J connectivity index is 1.88. The lowest BCUT2D eigenvalue weighted by atomic mass is 10.2. The number of benzene rings is 3. The lowest BCUT2D eigenvalue weighted by Crippen LogP contribution is -2.66. The zero-order valence-corrected chi connectivity index (χ0v) is 22.6. The van der Waals surface area contributed by atoms with Crippen LogP contribution in [0.4, 0.5) is 0 Å². The number of carbonyl (C=O) groups excluding carboxylic acids is 1. The maximum atomic E-state index is 11.7. The van der Waals surface area contributed by atoms with Crippen molar-refractivity contribution in [2.45, 2.75) is 32.4 Å². The van der Waals surface area contributed by atoms with E-state index in [2.05, 4.69) is 69.3 Å². The van der Waals surface area contributed by atoms with E-state index in [-0.39, 0.29) is 5.04 Å². The lowest BCUT2D eigenvalue weighted by Gasteiger charge is -2.42. The molecule has 0 radical (unpaired) electrons. The van der Waals surface area contributed by atoms with Gasteiger partial charge in [-0.15, -0.1) is 0 Å². The van der Waals surface area contributed by atoms with Crippen molar-refractivity contribution < 1.29 is 18.7 Å². The average molecular weight is 501 g/mol. The maximum absolute atomic E-state index is 11.7. The van der Waals surface area contributed by atoms with Gasteiger partial charge < -0.3 is 13.9 Å². The first-order chi connectivity index (χ1) is 17.4. The van der Waals surface area contributed by atoms with Crippen molar-refractivity contribution in [2.24, 2.45) is 0 Å². The van der Waals surface area contributed by atoms with E-state index in [1.54, 1.807) is 6.08 Å². The zero-order chi connectivity index (χ0) is 25.9. The molecule has 0 amide bonds. The predicted octanol–water partition coefficient (Wildman–Crippen LogP) is 5.44. The van der Waals surface area contributed by atoms with E-state index in [0.29, 0.717) is 19.8 Å². The number of rotatable bonds is 11. The van der Waals surface area contributed by atoms with Crippen LogP contribution in [0.5, 0.6) is 0 Å². The highest BCUT2D eigenvalue weighted by molar-refractivity contribution is 6.99. The molecule has 0 aromatic heterocycles. The Morgan fingerprint density at radius 3 is 1.83 bits per heavy atom. The summed E-state index contributed by atoms with van der Waals surface area (Å²) in [6.45, 7) is 7.99. The Bertz CT molecular complexity index is 1090. The molecule has 0 aliphatic rings. The van der Waals surface area contributed by atoms with Crippen LogP contribution in [0.1, 0.15) is 26.3 Å². The fraction of sp³-hybridized carbons (Fsp3) is 0.258. The van der Waals surface area contributed by atoms with E-state index in [1.165, 1.54) is 23.6 Å². The summed E-state index contributed by atoms with van der Waals surface area (Å²) in [5.41, 5.74) is 1.95. The van der Waals surface area contributed by atoms with Crippen LogP contribution in [0.15, 0.2) is 115 Å². The van der Waals surface area contributed by atoms with E-state index in [4.69, 9.17) is 13.9 Å². The number of hydrogen-bond donors (Lipinski definition) is 0. The van der Waals surface area contributed by atoms with Crippen LogP contribution >= 0.6 is 0 Å². The Morgan fingerprint density at radius 2 is 1.33 bits per heavy atom. The molecule has 188 valence electrons. The molecule has 0 fully saturated rings. The van der Waals surface area contributed by atoms with E-state index in [1.807, 2.05) is 48.5 Å².